The summed E-state index contributed by atoms with van der Waals surface area (Å²) in [5.74, 6) is 0.433. The maximum Gasteiger partial charge on any atom is 0.407 e. The molecule has 0 saturated heterocycles. The first-order valence-corrected chi connectivity index (χ1v) is 8.32. The summed E-state index contributed by atoms with van der Waals surface area (Å²) < 4.78 is 5.24. The van der Waals surface area contributed by atoms with E-state index in [0.717, 1.165) is 25.7 Å². The number of amides is 2. The highest BCUT2D eigenvalue weighted by atomic mass is 16.6. The predicted octanol–water partition coefficient (Wildman–Crippen LogP) is 2.48. The Bertz CT molecular complexity index is 388. The minimum absolute atomic E-state index is 0.123. The fourth-order valence-electron chi connectivity index (χ4n) is 2.89. The first kappa shape index (κ1) is 19.5. The molecule has 0 radical (unpaired) electrons. The normalized spacial score (nSPS) is 18.8. The highest BCUT2D eigenvalue weighted by Crippen LogP contribution is 2.28. The van der Waals surface area contributed by atoms with Crippen LogP contribution >= 0.6 is 0 Å². The Labute approximate surface area is 137 Å². The Balaban J connectivity index is 2.62. The van der Waals surface area contributed by atoms with Crippen molar-refractivity contribution in [2.45, 2.75) is 77.0 Å². The van der Waals surface area contributed by atoms with Gasteiger partial charge in [-0.2, -0.15) is 0 Å². The lowest BCUT2D eigenvalue weighted by Crippen LogP contribution is -2.50. The third-order valence-electron chi connectivity index (χ3n) is 3.94. The fourth-order valence-corrected chi connectivity index (χ4v) is 2.89. The molecule has 1 aliphatic rings. The molecule has 2 amide bonds. The third-order valence-corrected chi connectivity index (χ3v) is 3.94. The SMILES string of the molecule is CC(C)(C)OC(=O)N[C@@H](CC1CCCCC1)[C@@H](O)CNC(=O)O. The zero-order valence-corrected chi connectivity index (χ0v) is 14.3. The molecule has 2 atom stereocenters. The van der Waals surface area contributed by atoms with Crippen LogP contribution in [0, 0.1) is 5.92 Å². The van der Waals surface area contributed by atoms with Gasteiger partial charge in [-0.25, -0.2) is 9.59 Å². The van der Waals surface area contributed by atoms with Crippen molar-refractivity contribution >= 4 is 12.2 Å². The highest BCUT2D eigenvalue weighted by molar-refractivity contribution is 5.68. The molecule has 0 spiro atoms. The smallest absolute Gasteiger partial charge is 0.407 e. The number of aliphatic hydroxyl groups excluding tert-OH is 1. The summed E-state index contributed by atoms with van der Waals surface area (Å²) in [6, 6.07) is -0.528. The second kappa shape index (κ2) is 8.96. The van der Waals surface area contributed by atoms with E-state index in [1.165, 1.54) is 6.42 Å². The summed E-state index contributed by atoms with van der Waals surface area (Å²) in [7, 11) is 0. The predicted molar refractivity (Wildman–Crippen MR) is 86.4 cm³/mol. The molecular formula is C16H30N2O5. The van der Waals surface area contributed by atoms with Crippen LogP contribution in [0.5, 0.6) is 0 Å². The molecule has 0 aromatic carbocycles. The molecule has 0 heterocycles. The molecule has 1 saturated carbocycles. The van der Waals surface area contributed by atoms with Gasteiger partial charge in [0.05, 0.1) is 12.1 Å². The number of aliphatic hydroxyl groups is 1. The molecule has 0 aromatic heterocycles. The Kier molecular flexibility index (Phi) is 7.61. The van der Waals surface area contributed by atoms with Gasteiger partial charge in [0, 0.05) is 6.54 Å². The molecule has 0 unspecified atom stereocenters. The van der Waals surface area contributed by atoms with Crippen molar-refractivity contribution in [3.8, 4) is 0 Å². The summed E-state index contributed by atoms with van der Waals surface area (Å²) in [5.41, 5.74) is -0.621. The number of rotatable bonds is 6. The summed E-state index contributed by atoms with van der Waals surface area (Å²) in [6.45, 7) is 5.18. The van der Waals surface area contributed by atoms with E-state index in [1.807, 2.05) is 0 Å². The van der Waals surface area contributed by atoms with E-state index in [2.05, 4.69) is 10.6 Å². The zero-order chi connectivity index (χ0) is 17.5. The van der Waals surface area contributed by atoms with Gasteiger partial charge in [0.2, 0.25) is 0 Å². The summed E-state index contributed by atoms with van der Waals surface area (Å²) >= 11 is 0. The van der Waals surface area contributed by atoms with Crippen LogP contribution < -0.4 is 10.6 Å². The van der Waals surface area contributed by atoms with Gasteiger partial charge >= 0.3 is 12.2 Å². The van der Waals surface area contributed by atoms with Crippen LogP contribution in [-0.2, 0) is 4.74 Å². The van der Waals surface area contributed by atoms with Gasteiger partial charge in [-0.15, -0.1) is 0 Å². The molecule has 7 heteroatoms. The van der Waals surface area contributed by atoms with Gasteiger partial charge in [0.1, 0.15) is 5.60 Å². The van der Waals surface area contributed by atoms with Crippen LogP contribution in [0.25, 0.3) is 0 Å². The van der Waals surface area contributed by atoms with Gasteiger partial charge in [-0.1, -0.05) is 32.1 Å². The van der Waals surface area contributed by atoms with E-state index >= 15 is 0 Å². The van der Waals surface area contributed by atoms with Crippen molar-refractivity contribution in [2.24, 2.45) is 5.92 Å². The minimum atomic E-state index is -1.20. The molecule has 23 heavy (non-hydrogen) atoms. The molecule has 1 fully saturated rings. The van der Waals surface area contributed by atoms with Crippen LogP contribution in [0.1, 0.15) is 59.3 Å². The highest BCUT2D eigenvalue weighted by Gasteiger charge is 2.28. The van der Waals surface area contributed by atoms with Crippen molar-refractivity contribution in [3.05, 3.63) is 0 Å². The second-order valence-corrected chi connectivity index (χ2v) is 7.25. The van der Waals surface area contributed by atoms with E-state index < -0.39 is 29.9 Å². The molecule has 1 rings (SSSR count). The number of carbonyl (C=O) groups excluding carboxylic acids is 1. The van der Waals surface area contributed by atoms with E-state index in [4.69, 9.17) is 9.84 Å². The Morgan fingerprint density at radius 1 is 1.22 bits per heavy atom. The summed E-state index contributed by atoms with van der Waals surface area (Å²) in [4.78, 5) is 22.6. The molecule has 0 aliphatic heterocycles. The van der Waals surface area contributed by atoms with E-state index in [1.54, 1.807) is 20.8 Å². The third kappa shape index (κ3) is 8.64. The Morgan fingerprint density at radius 2 is 1.83 bits per heavy atom. The number of nitrogens with one attached hydrogen (secondary N) is 2. The molecule has 7 nitrogen and oxygen atoms in total. The first-order chi connectivity index (χ1) is 10.7. The Morgan fingerprint density at radius 3 is 2.35 bits per heavy atom. The first-order valence-electron chi connectivity index (χ1n) is 8.32. The van der Waals surface area contributed by atoms with Gasteiger partial charge < -0.3 is 25.6 Å². The maximum absolute atomic E-state index is 12.0. The molecule has 1 aliphatic carbocycles. The van der Waals surface area contributed by atoms with E-state index in [0.29, 0.717) is 12.3 Å². The van der Waals surface area contributed by atoms with Crippen molar-refractivity contribution in [1.82, 2.24) is 10.6 Å². The van der Waals surface area contributed by atoms with Crippen molar-refractivity contribution in [2.75, 3.05) is 6.54 Å². The number of carbonyl (C=O) groups is 2. The lowest BCUT2D eigenvalue weighted by molar-refractivity contribution is 0.0394. The largest absolute Gasteiger partial charge is 0.465 e. The van der Waals surface area contributed by atoms with Gasteiger partial charge in [0.15, 0.2) is 0 Å². The summed E-state index contributed by atoms with van der Waals surface area (Å²) in [6.07, 6.45) is 3.55. The molecule has 134 valence electrons. The van der Waals surface area contributed by atoms with Gasteiger partial charge in [-0.05, 0) is 33.1 Å². The molecule has 4 N–H and O–H groups in total. The number of hydrogen-bond donors (Lipinski definition) is 4. The van der Waals surface area contributed by atoms with Crippen LogP contribution in [0.3, 0.4) is 0 Å². The zero-order valence-electron chi connectivity index (χ0n) is 14.3. The average Bonchev–Trinajstić information content (AvgIpc) is 2.43. The number of carboxylic acid groups (broad SMARTS) is 1. The monoisotopic (exact) mass is 330 g/mol. The van der Waals surface area contributed by atoms with Crippen LogP contribution in [0.4, 0.5) is 9.59 Å². The summed E-state index contributed by atoms with van der Waals surface area (Å²) in [5, 5.41) is 23.8. The molecule has 0 bridgehead atoms. The second-order valence-electron chi connectivity index (χ2n) is 7.25. The van der Waals surface area contributed by atoms with Crippen molar-refractivity contribution < 1.29 is 24.5 Å². The fraction of sp³-hybridized carbons (Fsp3) is 0.875. The number of ether oxygens (including phenoxy) is 1. The van der Waals surface area contributed by atoms with E-state index in [-0.39, 0.29) is 6.54 Å². The van der Waals surface area contributed by atoms with Crippen LogP contribution in [-0.4, -0.2) is 46.7 Å². The quantitative estimate of drug-likeness (QED) is 0.598. The van der Waals surface area contributed by atoms with Crippen molar-refractivity contribution in [1.29, 1.82) is 0 Å². The molecule has 0 aromatic rings. The Hall–Kier alpha value is -1.50. The lowest BCUT2D eigenvalue weighted by atomic mass is 9.83. The standard InChI is InChI=1S/C16H30N2O5/c1-16(2,3)23-15(22)18-12(13(19)10-17-14(20)21)9-11-7-5-4-6-8-11/h11-13,17,19H,4-10H2,1-3H3,(H,18,22)(H,20,21)/t12-,13-/m0/s1. The average molecular weight is 330 g/mol. The van der Waals surface area contributed by atoms with Crippen LogP contribution in [0.15, 0.2) is 0 Å². The van der Waals surface area contributed by atoms with Crippen molar-refractivity contribution in [3.63, 3.8) is 0 Å². The van der Waals surface area contributed by atoms with E-state index in [9.17, 15) is 14.7 Å². The maximum atomic E-state index is 12.0. The number of hydrogen-bond acceptors (Lipinski definition) is 4. The number of alkyl carbamates (subject to hydrolysis) is 1. The van der Waals surface area contributed by atoms with Crippen LogP contribution in [0.2, 0.25) is 0 Å². The van der Waals surface area contributed by atoms with Gasteiger partial charge in [-0.3, -0.25) is 0 Å². The molecular weight excluding hydrogens is 300 g/mol. The topological polar surface area (TPSA) is 108 Å². The minimum Gasteiger partial charge on any atom is -0.465 e. The lowest BCUT2D eigenvalue weighted by Gasteiger charge is -2.31. The van der Waals surface area contributed by atoms with Gasteiger partial charge in [0.25, 0.3) is 0 Å².